The first-order chi connectivity index (χ1) is 14.8. The van der Waals surface area contributed by atoms with Gasteiger partial charge in [-0.05, 0) is 35.7 Å². The van der Waals surface area contributed by atoms with Crippen LogP contribution in [0.15, 0.2) is 30.3 Å². The van der Waals surface area contributed by atoms with Crippen molar-refractivity contribution in [1.82, 2.24) is 0 Å². The lowest BCUT2D eigenvalue weighted by molar-refractivity contribution is 0.145. The van der Waals surface area contributed by atoms with Crippen LogP contribution < -0.4 is 20.9 Å². The van der Waals surface area contributed by atoms with Gasteiger partial charge in [-0.1, -0.05) is 44.3 Å². The van der Waals surface area contributed by atoms with Crippen LogP contribution in [0.5, 0.6) is 11.5 Å². The minimum atomic E-state index is 0.177. The number of thiocarbonyl (C=S) groups is 2. The molecule has 0 atom stereocenters. The first-order valence-electron chi connectivity index (χ1n) is 9.95. The first kappa shape index (κ1) is 25.0. The number of ether oxygens (including phenoxy) is 4. The molecule has 0 aliphatic heterocycles. The Kier molecular flexibility index (Phi) is 9.64. The normalized spacial score (nSPS) is 10.9. The van der Waals surface area contributed by atoms with E-state index in [2.05, 4.69) is 13.8 Å². The average molecular weight is 463 g/mol. The van der Waals surface area contributed by atoms with Crippen LogP contribution >= 0.6 is 24.4 Å². The lowest BCUT2D eigenvalue weighted by atomic mass is 9.89. The van der Waals surface area contributed by atoms with E-state index in [4.69, 9.17) is 54.9 Å². The SMILES string of the molecule is COCCOc1cc(C(N)=S)ccc1-c1c(OCCOC)cc(C(N)=S)cc1C(C)C. The summed E-state index contributed by atoms with van der Waals surface area (Å²) in [6.45, 7) is 5.88. The summed E-state index contributed by atoms with van der Waals surface area (Å²) in [5.74, 6) is 1.48. The highest BCUT2D eigenvalue weighted by molar-refractivity contribution is 7.80. The first-order valence-corrected chi connectivity index (χ1v) is 10.8. The molecule has 6 nitrogen and oxygen atoms in total. The smallest absolute Gasteiger partial charge is 0.128 e. The highest BCUT2D eigenvalue weighted by Crippen LogP contribution is 2.43. The fraction of sp³-hybridized carbons (Fsp3) is 0.391. The highest BCUT2D eigenvalue weighted by Gasteiger charge is 2.21. The van der Waals surface area contributed by atoms with Crippen LogP contribution in [0, 0.1) is 0 Å². The monoisotopic (exact) mass is 462 g/mol. The van der Waals surface area contributed by atoms with E-state index in [0.717, 1.165) is 27.8 Å². The van der Waals surface area contributed by atoms with Gasteiger partial charge >= 0.3 is 0 Å². The number of rotatable bonds is 12. The van der Waals surface area contributed by atoms with Crippen molar-refractivity contribution < 1.29 is 18.9 Å². The topological polar surface area (TPSA) is 89.0 Å². The summed E-state index contributed by atoms with van der Waals surface area (Å²) in [4.78, 5) is 0.609. The molecule has 0 saturated carbocycles. The molecule has 0 fully saturated rings. The molecular formula is C23H30N2O4S2. The lowest BCUT2D eigenvalue weighted by Gasteiger charge is -2.22. The molecule has 0 amide bonds. The van der Waals surface area contributed by atoms with Crippen molar-refractivity contribution in [2.75, 3.05) is 40.6 Å². The Labute approximate surface area is 194 Å². The van der Waals surface area contributed by atoms with Crippen molar-refractivity contribution in [1.29, 1.82) is 0 Å². The fourth-order valence-corrected chi connectivity index (χ4v) is 3.35. The van der Waals surface area contributed by atoms with Crippen LogP contribution in [-0.2, 0) is 9.47 Å². The van der Waals surface area contributed by atoms with Gasteiger partial charge in [0.25, 0.3) is 0 Å². The molecule has 31 heavy (non-hydrogen) atoms. The molecule has 0 aromatic heterocycles. The zero-order valence-electron chi connectivity index (χ0n) is 18.4. The minimum absolute atomic E-state index is 0.177. The molecule has 0 heterocycles. The second-order valence-corrected chi connectivity index (χ2v) is 8.09. The van der Waals surface area contributed by atoms with Crippen LogP contribution in [0.3, 0.4) is 0 Å². The quantitative estimate of drug-likeness (QED) is 0.364. The summed E-state index contributed by atoms with van der Waals surface area (Å²) in [7, 11) is 3.26. The number of methoxy groups -OCH3 is 2. The molecule has 0 spiro atoms. The molecule has 0 radical (unpaired) electrons. The predicted octanol–water partition coefficient (Wildman–Crippen LogP) is 3.80. The van der Waals surface area contributed by atoms with E-state index in [1.807, 2.05) is 30.3 Å². The van der Waals surface area contributed by atoms with E-state index in [0.29, 0.717) is 47.9 Å². The molecule has 2 aromatic rings. The van der Waals surface area contributed by atoms with Crippen molar-refractivity contribution in [3.63, 3.8) is 0 Å². The number of hydrogen-bond acceptors (Lipinski definition) is 6. The zero-order valence-corrected chi connectivity index (χ0v) is 20.0. The van der Waals surface area contributed by atoms with Crippen LogP contribution in [0.25, 0.3) is 11.1 Å². The second kappa shape index (κ2) is 12.0. The van der Waals surface area contributed by atoms with Crippen molar-refractivity contribution in [2.24, 2.45) is 11.5 Å². The van der Waals surface area contributed by atoms with Gasteiger partial charge in [-0.15, -0.1) is 0 Å². The number of nitrogens with two attached hydrogens (primary N) is 2. The molecule has 0 unspecified atom stereocenters. The maximum absolute atomic E-state index is 6.10. The van der Waals surface area contributed by atoms with E-state index in [1.54, 1.807) is 14.2 Å². The molecule has 0 aliphatic carbocycles. The maximum atomic E-state index is 6.10. The van der Waals surface area contributed by atoms with E-state index >= 15 is 0 Å². The molecule has 168 valence electrons. The third kappa shape index (κ3) is 6.61. The molecule has 2 rings (SSSR count). The van der Waals surface area contributed by atoms with Gasteiger partial charge in [-0.3, -0.25) is 0 Å². The van der Waals surface area contributed by atoms with Crippen LogP contribution in [0.4, 0.5) is 0 Å². The summed E-state index contributed by atoms with van der Waals surface area (Å²) < 4.78 is 22.4. The Morgan fingerprint density at radius 3 is 1.87 bits per heavy atom. The number of benzene rings is 2. The fourth-order valence-electron chi connectivity index (χ4n) is 3.11. The van der Waals surface area contributed by atoms with Crippen molar-refractivity contribution >= 4 is 34.4 Å². The minimum Gasteiger partial charge on any atom is -0.491 e. The van der Waals surface area contributed by atoms with E-state index in [-0.39, 0.29) is 5.92 Å². The maximum Gasteiger partial charge on any atom is 0.128 e. The third-order valence-corrected chi connectivity index (χ3v) is 5.14. The molecule has 2 aromatic carbocycles. The zero-order chi connectivity index (χ0) is 23.0. The lowest BCUT2D eigenvalue weighted by Crippen LogP contribution is -2.14. The van der Waals surface area contributed by atoms with E-state index < -0.39 is 0 Å². The average Bonchev–Trinajstić information content (AvgIpc) is 2.73. The van der Waals surface area contributed by atoms with Crippen molar-refractivity contribution in [3.8, 4) is 22.6 Å². The van der Waals surface area contributed by atoms with Gasteiger partial charge in [-0.2, -0.15) is 0 Å². The van der Waals surface area contributed by atoms with Gasteiger partial charge in [0.2, 0.25) is 0 Å². The van der Waals surface area contributed by atoms with Gasteiger partial charge in [0.1, 0.15) is 34.7 Å². The van der Waals surface area contributed by atoms with Crippen LogP contribution in [-0.4, -0.2) is 50.6 Å². The van der Waals surface area contributed by atoms with Crippen molar-refractivity contribution in [3.05, 3.63) is 47.0 Å². The summed E-state index contributed by atoms with van der Waals surface area (Å²) in [6.07, 6.45) is 0. The van der Waals surface area contributed by atoms with Gasteiger partial charge < -0.3 is 30.4 Å². The largest absolute Gasteiger partial charge is 0.491 e. The molecule has 0 bridgehead atoms. The summed E-state index contributed by atoms with van der Waals surface area (Å²) in [5.41, 5.74) is 16.1. The van der Waals surface area contributed by atoms with Crippen LogP contribution in [0.2, 0.25) is 0 Å². The Morgan fingerprint density at radius 1 is 0.806 bits per heavy atom. The standard InChI is InChI=1S/C23H30N2O4S2/c1-14(2)18-11-16(23(25)31)13-20(29-10-8-27-4)21(18)17-6-5-15(22(24)30)12-19(17)28-9-7-26-3/h5-6,11-14H,7-10H2,1-4H3,(H2,24,30)(H2,25,31). The van der Waals surface area contributed by atoms with Gasteiger partial charge in [-0.25, -0.2) is 0 Å². The molecular weight excluding hydrogens is 432 g/mol. The Morgan fingerprint density at radius 2 is 1.35 bits per heavy atom. The summed E-state index contributed by atoms with van der Waals surface area (Å²) >= 11 is 10.4. The Bertz CT molecular complexity index is 932. The molecule has 8 heteroatoms. The van der Waals surface area contributed by atoms with E-state index in [9.17, 15) is 0 Å². The Hall–Kier alpha value is -2.26. The second-order valence-electron chi connectivity index (χ2n) is 7.22. The van der Waals surface area contributed by atoms with Gasteiger partial charge in [0.05, 0.1) is 13.2 Å². The number of hydrogen-bond donors (Lipinski definition) is 2. The Balaban J connectivity index is 2.73. The summed E-state index contributed by atoms with van der Waals surface area (Å²) in [5, 5.41) is 0. The highest BCUT2D eigenvalue weighted by atomic mass is 32.1. The van der Waals surface area contributed by atoms with E-state index in [1.165, 1.54) is 0 Å². The predicted molar refractivity (Wildman–Crippen MR) is 132 cm³/mol. The van der Waals surface area contributed by atoms with Gasteiger partial charge in [0.15, 0.2) is 0 Å². The van der Waals surface area contributed by atoms with Gasteiger partial charge in [0, 0.05) is 36.5 Å². The van der Waals surface area contributed by atoms with Crippen LogP contribution in [0.1, 0.15) is 36.5 Å². The summed E-state index contributed by atoms with van der Waals surface area (Å²) in [6, 6.07) is 9.54. The van der Waals surface area contributed by atoms with Crippen molar-refractivity contribution in [2.45, 2.75) is 19.8 Å². The third-order valence-electron chi connectivity index (χ3n) is 4.66. The molecule has 4 N–H and O–H groups in total. The molecule has 0 saturated heterocycles. The molecule has 0 aliphatic rings.